The smallest absolute Gasteiger partial charge is 0.183 e. The maximum atomic E-state index is 8.99. The van der Waals surface area contributed by atoms with Gasteiger partial charge in [-0.05, 0) is 19.3 Å². The highest BCUT2D eigenvalue weighted by atomic mass is 35.5. The summed E-state index contributed by atoms with van der Waals surface area (Å²) < 4.78 is 0.534. The van der Waals surface area contributed by atoms with E-state index in [4.69, 9.17) is 16.9 Å². The van der Waals surface area contributed by atoms with Crippen LogP contribution in [0.1, 0.15) is 24.1 Å². The molecule has 1 aromatic rings. The van der Waals surface area contributed by atoms with E-state index in [0.717, 1.165) is 24.1 Å². The number of hydrogen-bond acceptors (Lipinski definition) is 3. The van der Waals surface area contributed by atoms with E-state index in [-0.39, 0.29) is 5.41 Å². The summed E-state index contributed by atoms with van der Waals surface area (Å²) in [6.07, 6.45) is 4.79. The zero-order chi connectivity index (χ0) is 8.60. The average Bonchev–Trinajstić information content (AvgIpc) is 2.35. The normalized spacial score (nSPS) is 19.7. The fourth-order valence-electron chi connectivity index (χ4n) is 1.42. The lowest BCUT2D eigenvalue weighted by molar-refractivity contribution is 0.329. The second kappa shape index (κ2) is 2.72. The minimum Gasteiger partial charge on any atom is -0.233 e. The molecule has 62 valence electrons. The van der Waals surface area contributed by atoms with Crippen LogP contribution < -0.4 is 0 Å². The highest BCUT2D eigenvalue weighted by molar-refractivity contribution is 7.15. The summed E-state index contributed by atoms with van der Waals surface area (Å²) in [5.41, 5.74) is -0.245. The largest absolute Gasteiger partial charge is 0.233 e. The molecule has 1 aliphatic rings. The van der Waals surface area contributed by atoms with E-state index in [1.54, 1.807) is 6.20 Å². The third kappa shape index (κ3) is 1.03. The summed E-state index contributed by atoms with van der Waals surface area (Å²) in [6.45, 7) is 0. The zero-order valence-corrected chi connectivity index (χ0v) is 7.95. The number of thiazole rings is 1. The molecule has 1 heterocycles. The highest BCUT2D eigenvalue weighted by Gasteiger charge is 2.40. The van der Waals surface area contributed by atoms with Crippen molar-refractivity contribution in [1.29, 1.82) is 5.26 Å². The number of nitriles is 1. The Hall–Kier alpha value is -0.590. The molecule has 4 heteroatoms. The Morgan fingerprint density at radius 1 is 1.67 bits per heavy atom. The average molecular weight is 199 g/mol. The molecule has 12 heavy (non-hydrogen) atoms. The number of halogens is 1. The first kappa shape index (κ1) is 8.03. The van der Waals surface area contributed by atoms with Crippen molar-refractivity contribution in [2.75, 3.05) is 0 Å². The third-order valence-corrected chi connectivity index (χ3v) is 3.69. The fraction of sp³-hybridized carbons (Fsp3) is 0.500. The van der Waals surface area contributed by atoms with Gasteiger partial charge in [-0.3, -0.25) is 0 Å². The Morgan fingerprint density at radius 2 is 2.42 bits per heavy atom. The summed E-state index contributed by atoms with van der Waals surface area (Å²) in [6, 6.07) is 2.36. The van der Waals surface area contributed by atoms with E-state index in [9.17, 15) is 0 Å². The van der Waals surface area contributed by atoms with Gasteiger partial charge in [0.15, 0.2) is 4.47 Å². The molecule has 0 aromatic carbocycles. The lowest BCUT2D eigenvalue weighted by Gasteiger charge is -2.33. The van der Waals surface area contributed by atoms with Gasteiger partial charge in [0.1, 0.15) is 0 Å². The third-order valence-electron chi connectivity index (χ3n) is 2.37. The predicted molar refractivity (Wildman–Crippen MR) is 48.3 cm³/mol. The monoisotopic (exact) mass is 198 g/mol. The lowest BCUT2D eigenvalue weighted by atomic mass is 9.69. The van der Waals surface area contributed by atoms with Gasteiger partial charge in [-0.15, -0.1) is 11.3 Å². The van der Waals surface area contributed by atoms with Gasteiger partial charge in [0.2, 0.25) is 0 Å². The van der Waals surface area contributed by atoms with Crippen molar-refractivity contribution in [2.24, 2.45) is 0 Å². The van der Waals surface area contributed by atoms with E-state index in [2.05, 4.69) is 11.1 Å². The Labute approximate surface area is 79.8 Å². The molecule has 0 radical (unpaired) electrons. The fourth-order valence-corrected chi connectivity index (χ4v) is 2.55. The quantitative estimate of drug-likeness (QED) is 0.696. The van der Waals surface area contributed by atoms with Crippen molar-refractivity contribution in [3.63, 3.8) is 0 Å². The lowest BCUT2D eigenvalue weighted by Crippen LogP contribution is -2.31. The number of aromatic nitrogens is 1. The summed E-state index contributed by atoms with van der Waals surface area (Å²) in [7, 11) is 0. The van der Waals surface area contributed by atoms with Gasteiger partial charge in [0, 0.05) is 11.1 Å². The molecule has 0 unspecified atom stereocenters. The standard InChI is InChI=1S/C8H7ClN2S/c9-7-11-4-6(12-7)8(5-10)2-1-3-8/h4H,1-3H2. The molecule has 0 bridgehead atoms. The number of hydrogen-bond donors (Lipinski definition) is 0. The summed E-state index contributed by atoms with van der Waals surface area (Å²) in [5.74, 6) is 0. The summed E-state index contributed by atoms with van der Waals surface area (Å²) in [5, 5.41) is 8.99. The number of nitrogens with zero attached hydrogens (tertiary/aromatic N) is 2. The second-order valence-corrected chi connectivity index (χ2v) is 4.64. The Bertz CT molecular complexity index is 335. The van der Waals surface area contributed by atoms with Crippen LogP contribution in [0.25, 0.3) is 0 Å². The molecule has 1 aromatic heterocycles. The van der Waals surface area contributed by atoms with E-state index in [0.29, 0.717) is 4.47 Å². The van der Waals surface area contributed by atoms with Crippen molar-refractivity contribution in [2.45, 2.75) is 24.7 Å². The van der Waals surface area contributed by atoms with Crippen LogP contribution in [-0.4, -0.2) is 4.98 Å². The highest BCUT2D eigenvalue weighted by Crippen LogP contribution is 2.45. The SMILES string of the molecule is N#CC1(c2cnc(Cl)s2)CCC1. The van der Waals surface area contributed by atoms with Crippen LogP contribution >= 0.6 is 22.9 Å². The topological polar surface area (TPSA) is 36.7 Å². The van der Waals surface area contributed by atoms with E-state index in [1.807, 2.05) is 0 Å². The van der Waals surface area contributed by atoms with Crippen LogP contribution in [0, 0.1) is 11.3 Å². The molecule has 0 atom stereocenters. The van der Waals surface area contributed by atoms with Gasteiger partial charge in [-0.1, -0.05) is 11.6 Å². The van der Waals surface area contributed by atoms with Crippen LogP contribution in [0.3, 0.4) is 0 Å². The van der Waals surface area contributed by atoms with E-state index >= 15 is 0 Å². The predicted octanol–water partition coefficient (Wildman–Crippen LogP) is 2.74. The van der Waals surface area contributed by atoms with Crippen molar-refractivity contribution in [3.8, 4) is 6.07 Å². The number of rotatable bonds is 1. The zero-order valence-electron chi connectivity index (χ0n) is 6.38. The van der Waals surface area contributed by atoms with Gasteiger partial charge < -0.3 is 0 Å². The minimum absolute atomic E-state index is 0.245. The molecule has 0 amide bonds. The maximum absolute atomic E-state index is 8.99. The van der Waals surface area contributed by atoms with Crippen LogP contribution in [0.4, 0.5) is 0 Å². The second-order valence-electron chi connectivity index (χ2n) is 3.02. The molecule has 0 aliphatic heterocycles. The Balaban J connectivity index is 2.35. The molecule has 0 N–H and O–H groups in total. The molecule has 1 fully saturated rings. The van der Waals surface area contributed by atoms with E-state index in [1.165, 1.54) is 11.3 Å². The molecular weight excluding hydrogens is 192 g/mol. The van der Waals surface area contributed by atoms with Crippen molar-refractivity contribution >= 4 is 22.9 Å². The maximum Gasteiger partial charge on any atom is 0.183 e. The molecule has 2 rings (SSSR count). The molecular formula is C8H7ClN2S. The Morgan fingerprint density at radius 3 is 2.75 bits per heavy atom. The molecule has 1 aliphatic carbocycles. The molecule has 0 saturated heterocycles. The van der Waals surface area contributed by atoms with Gasteiger partial charge in [-0.25, -0.2) is 4.98 Å². The van der Waals surface area contributed by atoms with Crippen LogP contribution in [0.5, 0.6) is 0 Å². The Kier molecular flexibility index (Phi) is 1.82. The molecule has 0 spiro atoms. The minimum atomic E-state index is -0.245. The van der Waals surface area contributed by atoms with Crippen LogP contribution in [-0.2, 0) is 5.41 Å². The van der Waals surface area contributed by atoms with E-state index < -0.39 is 0 Å². The van der Waals surface area contributed by atoms with Crippen molar-refractivity contribution in [3.05, 3.63) is 15.5 Å². The van der Waals surface area contributed by atoms with Crippen LogP contribution in [0.15, 0.2) is 6.20 Å². The first-order valence-corrected chi connectivity index (χ1v) is 4.99. The van der Waals surface area contributed by atoms with Crippen molar-refractivity contribution in [1.82, 2.24) is 4.98 Å². The van der Waals surface area contributed by atoms with Gasteiger partial charge in [-0.2, -0.15) is 5.26 Å². The van der Waals surface area contributed by atoms with Gasteiger partial charge >= 0.3 is 0 Å². The van der Waals surface area contributed by atoms with Gasteiger partial charge in [0.25, 0.3) is 0 Å². The van der Waals surface area contributed by atoms with Crippen molar-refractivity contribution < 1.29 is 0 Å². The first-order valence-electron chi connectivity index (χ1n) is 3.80. The summed E-state index contributed by atoms with van der Waals surface area (Å²) >= 11 is 7.13. The molecule has 2 nitrogen and oxygen atoms in total. The first-order chi connectivity index (χ1) is 5.77. The van der Waals surface area contributed by atoms with Gasteiger partial charge in [0.05, 0.1) is 11.5 Å². The molecule has 1 saturated carbocycles. The summed E-state index contributed by atoms with van der Waals surface area (Å²) in [4.78, 5) is 4.97. The van der Waals surface area contributed by atoms with Crippen LogP contribution in [0.2, 0.25) is 4.47 Å².